The average molecular weight is 264 g/mol. The first-order chi connectivity index (χ1) is 9.13. The van der Waals surface area contributed by atoms with Gasteiger partial charge in [-0.3, -0.25) is 4.79 Å². The molecule has 1 aliphatic heterocycles. The molecule has 0 spiro atoms. The molecule has 4 heteroatoms. The topological polar surface area (TPSA) is 43.3 Å². The fourth-order valence-electron chi connectivity index (χ4n) is 2.65. The molecule has 1 unspecified atom stereocenters. The van der Waals surface area contributed by atoms with Crippen LogP contribution in [0.2, 0.25) is 0 Å². The second-order valence-electron chi connectivity index (χ2n) is 5.52. The molecule has 2 heterocycles. The monoisotopic (exact) mass is 264 g/mol. The molecule has 1 aromatic heterocycles. The summed E-state index contributed by atoms with van der Waals surface area (Å²) in [4.78, 5) is 12.5. The average Bonchev–Trinajstić information content (AvgIpc) is 2.87. The van der Waals surface area contributed by atoms with Crippen LogP contribution in [0.1, 0.15) is 43.9 Å². The number of hydrogen-bond acceptors (Lipinski definition) is 3. The van der Waals surface area contributed by atoms with Gasteiger partial charge in [0.2, 0.25) is 0 Å². The molecular weight excluding hydrogens is 240 g/mol. The molecule has 19 heavy (non-hydrogen) atoms. The maximum absolute atomic E-state index is 12.5. The van der Waals surface area contributed by atoms with Gasteiger partial charge in [0.15, 0.2) is 0 Å². The lowest BCUT2D eigenvalue weighted by Gasteiger charge is -2.19. The van der Waals surface area contributed by atoms with Gasteiger partial charge in [0.25, 0.3) is 5.56 Å². The second-order valence-corrected chi connectivity index (χ2v) is 5.52. The molecule has 0 aromatic carbocycles. The number of nitrogens with one attached hydrogen (secondary N) is 1. The van der Waals surface area contributed by atoms with Crippen LogP contribution in [-0.4, -0.2) is 24.3 Å². The van der Waals surface area contributed by atoms with Crippen LogP contribution < -0.4 is 10.9 Å². The fourth-order valence-corrected chi connectivity index (χ4v) is 2.65. The van der Waals surface area contributed by atoms with E-state index in [1.807, 2.05) is 17.7 Å². The molecule has 1 fully saturated rings. The fraction of sp³-hybridized carbons (Fsp3) is 0.667. The maximum atomic E-state index is 12.5. The lowest BCUT2D eigenvalue weighted by molar-refractivity contribution is 0.0951. The zero-order valence-electron chi connectivity index (χ0n) is 12.1. The minimum absolute atomic E-state index is 0.121. The Balaban J connectivity index is 2.34. The number of aromatic nitrogens is 1. The molecule has 0 saturated carbocycles. The molecular formula is C15H24N2O2. The Hall–Kier alpha value is -1.13. The van der Waals surface area contributed by atoms with Crippen molar-refractivity contribution in [2.45, 2.75) is 51.8 Å². The van der Waals surface area contributed by atoms with Crippen molar-refractivity contribution in [2.24, 2.45) is 0 Å². The highest BCUT2D eigenvalue weighted by Gasteiger charge is 2.19. The largest absolute Gasteiger partial charge is 0.376 e. The van der Waals surface area contributed by atoms with Crippen molar-refractivity contribution in [1.29, 1.82) is 0 Å². The molecule has 1 aliphatic rings. The minimum atomic E-state index is 0.121. The predicted octanol–water partition coefficient (Wildman–Crippen LogP) is 1.87. The van der Waals surface area contributed by atoms with Crippen molar-refractivity contribution in [3.05, 3.63) is 33.7 Å². The zero-order valence-corrected chi connectivity index (χ0v) is 12.1. The molecule has 0 aliphatic carbocycles. The van der Waals surface area contributed by atoms with Crippen LogP contribution in [0.5, 0.6) is 0 Å². The van der Waals surface area contributed by atoms with E-state index in [2.05, 4.69) is 25.2 Å². The van der Waals surface area contributed by atoms with Gasteiger partial charge in [-0.25, -0.2) is 0 Å². The third-order valence-electron chi connectivity index (χ3n) is 3.66. The van der Waals surface area contributed by atoms with E-state index in [-0.39, 0.29) is 11.7 Å². The number of pyridine rings is 1. The van der Waals surface area contributed by atoms with Crippen LogP contribution in [0.3, 0.4) is 0 Å². The van der Waals surface area contributed by atoms with Gasteiger partial charge in [-0.1, -0.05) is 19.9 Å². The van der Waals surface area contributed by atoms with Gasteiger partial charge in [0, 0.05) is 24.4 Å². The summed E-state index contributed by atoms with van der Waals surface area (Å²) in [6.07, 6.45) is 2.35. The molecule has 1 atom stereocenters. The molecule has 0 bridgehead atoms. The molecule has 2 rings (SSSR count). The van der Waals surface area contributed by atoms with Gasteiger partial charge in [0.05, 0.1) is 12.6 Å². The number of hydrogen-bond donors (Lipinski definition) is 1. The molecule has 1 N–H and O–H groups in total. The summed E-state index contributed by atoms with van der Waals surface area (Å²) in [7, 11) is 1.86. The molecule has 0 radical (unpaired) electrons. The second kappa shape index (κ2) is 6.35. The first-order valence-electron chi connectivity index (χ1n) is 7.12. The summed E-state index contributed by atoms with van der Waals surface area (Å²) in [5.41, 5.74) is 2.04. The summed E-state index contributed by atoms with van der Waals surface area (Å²) in [6.45, 7) is 6.37. The highest BCUT2D eigenvalue weighted by atomic mass is 16.5. The molecule has 1 saturated heterocycles. The van der Waals surface area contributed by atoms with Crippen LogP contribution >= 0.6 is 0 Å². The lowest BCUT2D eigenvalue weighted by atomic mass is 10.1. The van der Waals surface area contributed by atoms with Gasteiger partial charge in [-0.2, -0.15) is 0 Å². The summed E-state index contributed by atoms with van der Waals surface area (Å²) >= 11 is 0. The standard InChI is InChI=1S/C15H24N2O2/c1-11(2)14-7-6-12(9-16-3)15(18)17(14)10-13-5-4-8-19-13/h6-7,11,13,16H,4-5,8-10H2,1-3H3. The number of rotatable bonds is 5. The molecule has 0 amide bonds. The van der Waals surface area contributed by atoms with Gasteiger partial charge in [0.1, 0.15) is 0 Å². The van der Waals surface area contributed by atoms with Crippen LogP contribution in [0.4, 0.5) is 0 Å². The van der Waals surface area contributed by atoms with E-state index in [4.69, 9.17) is 4.74 Å². The van der Waals surface area contributed by atoms with Gasteiger partial charge in [-0.15, -0.1) is 0 Å². The first-order valence-corrected chi connectivity index (χ1v) is 7.12. The van der Waals surface area contributed by atoms with E-state index in [9.17, 15) is 4.79 Å². The smallest absolute Gasteiger partial charge is 0.255 e. The van der Waals surface area contributed by atoms with Gasteiger partial charge >= 0.3 is 0 Å². The van der Waals surface area contributed by atoms with Crippen molar-refractivity contribution in [3.8, 4) is 0 Å². The van der Waals surface area contributed by atoms with Crippen LogP contribution in [-0.2, 0) is 17.8 Å². The van der Waals surface area contributed by atoms with Crippen molar-refractivity contribution < 1.29 is 4.74 Å². The van der Waals surface area contributed by atoms with E-state index in [0.717, 1.165) is 30.7 Å². The van der Waals surface area contributed by atoms with E-state index < -0.39 is 0 Å². The molecule has 1 aromatic rings. The number of ether oxygens (including phenoxy) is 1. The first kappa shape index (κ1) is 14.3. The SMILES string of the molecule is CNCc1ccc(C(C)C)n(CC2CCCO2)c1=O. The Kier molecular flexibility index (Phi) is 4.77. The zero-order chi connectivity index (χ0) is 13.8. The third-order valence-corrected chi connectivity index (χ3v) is 3.66. The maximum Gasteiger partial charge on any atom is 0.255 e. The van der Waals surface area contributed by atoms with Crippen molar-refractivity contribution >= 4 is 0 Å². The molecule has 106 valence electrons. The molecule has 4 nitrogen and oxygen atoms in total. The lowest BCUT2D eigenvalue weighted by Crippen LogP contribution is -2.32. The predicted molar refractivity (Wildman–Crippen MR) is 76.5 cm³/mol. The van der Waals surface area contributed by atoms with Gasteiger partial charge < -0.3 is 14.6 Å². The van der Waals surface area contributed by atoms with Crippen LogP contribution in [0.15, 0.2) is 16.9 Å². The summed E-state index contributed by atoms with van der Waals surface area (Å²) in [6, 6.07) is 4.02. The van der Waals surface area contributed by atoms with Crippen molar-refractivity contribution in [2.75, 3.05) is 13.7 Å². The summed E-state index contributed by atoms with van der Waals surface area (Å²) in [5.74, 6) is 0.345. The van der Waals surface area contributed by atoms with E-state index in [1.54, 1.807) is 0 Å². The Bertz CT molecular complexity index is 474. The number of nitrogens with zero attached hydrogens (tertiary/aromatic N) is 1. The normalized spacial score (nSPS) is 19.3. The van der Waals surface area contributed by atoms with E-state index in [1.165, 1.54) is 0 Å². The minimum Gasteiger partial charge on any atom is -0.376 e. The van der Waals surface area contributed by atoms with Gasteiger partial charge in [-0.05, 0) is 31.9 Å². The third kappa shape index (κ3) is 3.25. The Morgan fingerprint density at radius 2 is 2.26 bits per heavy atom. The van der Waals surface area contributed by atoms with Crippen LogP contribution in [0, 0.1) is 0 Å². The Morgan fingerprint density at radius 3 is 2.84 bits per heavy atom. The van der Waals surface area contributed by atoms with E-state index in [0.29, 0.717) is 19.0 Å². The van der Waals surface area contributed by atoms with E-state index >= 15 is 0 Å². The summed E-state index contributed by atoms with van der Waals surface area (Å²) in [5, 5.41) is 3.05. The quantitative estimate of drug-likeness (QED) is 0.883. The highest BCUT2D eigenvalue weighted by molar-refractivity contribution is 5.18. The summed E-state index contributed by atoms with van der Waals surface area (Å²) < 4.78 is 7.58. The van der Waals surface area contributed by atoms with Crippen molar-refractivity contribution in [1.82, 2.24) is 9.88 Å². The Morgan fingerprint density at radius 1 is 1.47 bits per heavy atom. The Labute approximate surface area is 114 Å². The van der Waals surface area contributed by atoms with Crippen LogP contribution in [0.25, 0.3) is 0 Å². The van der Waals surface area contributed by atoms with Crippen molar-refractivity contribution in [3.63, 3.8) is 0 Å². The highest BCUT2D eigenvalue weighted by Crippen LogP contribution is 2.18.